The van der Waals surface area contributed by atoms with Crippen molar-refractivity contribution in [1.29, 1.82) is 0 Å². The molecule has 26 heavy (non-hydrogen) atoms. The maximum Gasteiger partial charge on any atom is 0.243 e. The molecule has 1 aromatic heterocycles. The van der Waals surface area contributed by atoms with E-state index in [4.69, 9.17) is 11.6 Å². The minimum absolute atomic E-state index is 0.237. The van der Waals surface area contributed by atoms with Gasteiger partial charge in [-0.2, -0.15) is 9.40 Å². The second-order valence-electron chi connectivity index (χ2n) is 7.01. The van der Waals surface area contributed by atoms with E-state index in [0.717, 1.165) is 37.2 Å². The summed E-state index contributed by atoms with van der Waals surface area (Å²) in [6.07, 6.45) is 2.62. The highest BCUT2D eigenvalue weighted by Gasteiger charge is 2.36. The standard InChI is InChI=1S/C18H25ClN4O2S/c1-21(2)13-15-12-17(20-22(15)3)18-9-4-5-10-23(18)26(24,25)16-8-6-7-14(19)11-16/h6-8,11-12,18H,4-5,9-10,13H2,1-3H3/t18-/m1/s1. The van der Waals surface area contributed by atoms with Crippen LogP contribution in [0.4, 0.5) is 0 Å². The van der Waals surface area contributed by atoms with Gasteiger partial charge in [0, 0.05) is 25.2 Å². The quantitative estimate of drug-likeness (QED) is 0.779. The second kappa shape index (κ2) is 7.68. The monoisotopic (exact) mass is 396 g/mol. The van der Waals surface area contributed by atoms with Gasteiger partial charge in [-0.15, -0.1) is 0 Å². The second-order valence-corrected chi connectivity index (χ2v) is 9.33. The fraction of sp³-hybridized carbons (Fsp3) is 0.500. The molecule has 0 saturated carbocycles. The van der Waals surface area contributed by atoms with Crippen molar-refractivity contribution in [2.75, 3.05) is 20.6 Å². The molecule has 3 rings (SSSR count). The van der Waals surface area contributed by atoms with E-state index >= 15 is 0 Å². The molecule has 2 heterocycles. The Balaban J connectivity index is 1.96. The van der Waals surface area contributed by atoms with E-state index in [9.17, 15) is 8.42 Å². The Morgan fingerprint density at radius 2 is 2.04 bits per heavy atom. The van der Waals surface area contributed by atoms with Gasteiger partial charge in [0.05, 0.1) is 22.3 Å². The van der Waals surface area contributed by atoms with E-state index in [1.54, 1.807) is 22.5 Å². The third kappa shape index (κ3) is 3.96. The number of aromatic nitrogens is 2. The summed E-state index contributed by atoms with van der Waals surface area (Å²) >= 11 is 6.01. The van der Waals surface area contributed by atoms with Gasteiger partial charge >= 0.3 is 0 Å². The van der Waals surface area contributed by atoms with Gasteiger partial charge in [-0.25, -0.2) is 8.42 Å². The van der Waals surface area contributed by atoms with Gasteiger partial charge in [0.15, 0.2) is 0 Å². The minimum Gasteiger partial charge on any atom is -0.304 e. The first-order valence-corrected chi connectivity index (χ1v) is 10.6. The van der Waals surface area contributed by atoms with Crippen LogP contribution in [0.15, 0.2) is 35.2 Å². The zero-order chi connectivity index (χ0) is 18.9. The van der Waals surface area contributed by atoms with E-state index in [0.29, 0.717) is 11.6 Å². The summed E-state index contributed by atoms with van der Waals surface area (Å²) in [6, 6.07) is 8.25. The normalized spacial score (nSPS) is 19.2. The number of rotatable bonds is 5. The molecule has 1 saturated heterocycles. The Kier molecular flexibility index (Phi) is 5.72. The maximum absolute atomic E-state index is 13.2. The molecule has 1 aromatic carbocycles. The average Bonchev–Trinajstić information content (AvgIpc) is 2.95. The fourth-order valence-corrected chi connectivity index (χ4v) is 5.39. The van der Waals surface area contributed by atoms with E-state index in [-0.39, 0.29) is 10.9 Å². The third-order valence-corrected chi connectivity index (χ3v) is 6.81. The number of hydrogen-bond donors (Lipinski definition) is 0. The zero-order valence-electron chi connectivity index (χ0n) is 15.4. The molecule has 6 nitrogen and oxygen atoms in total. The van der Waals surface area contributed by atoms with Crippen LogP contribution in [-0.4, -0.2) is 48.0 Å². The molecule has 0 amide bonds. The molecule has 0 N–H and O–H groups in total. The molecular formula is C18H25ClN4O2S. The number of hydrogen-bond acceptors (Lipinski definition) is 4. The van der Waals surface area contributed by atoms with Crippen LogP contribution < -0.4 is 0 Å². The lowest BCUT2D eigenvalue weighted by Crippen LogP contribution is -2.38. The van der Waals surface area contributed by atoms with Gasteiger partial charge in [0.1, 0.15) is 0 Å². The summed E-state index contributed by atoms with van der Waals surface area (Å²) in [5.41, 5.74) is 1.88. The first-order chi connectivity index (χ1) is 12.3. The average molecular weight is 397 g/mol. The van der Waals surface area contributed by atoms with Gasteiger partial charge in [-0.05, 0) is 51.2 Å². The smallest absolute Gasteiger partial charge is 0.243 e. The van der Waals surface area contributed by atoms with Crippen LogP contribution in [0.25, 0.3) is 0 Å². The lowest BCUT2D eigenvalue weighted by molar-refractivity contribution is 0.250. The molecule has 1 atom stereocenters. The third-order valence-electron chi connectivity index (χ3n) is 4.67. The van der Waals surface area contributed by atoms with Crippen molar-refractivity contribution in [1.82, 2.24) is 19.0 Å². The Morgan fingerprint density at radius 1 is 1.27 bits per heavy atom. The van der Waals surface area contributed by atoms with Crippen LogP contribution in [0.3, 0.4) is 0 Å². The lowest BCUT2D eigenvalue weighted by Gasteiger charge is -2.33. The molecule has 0 bridgehead atoms. The molecule has 0 spiro atoms. The molecule has 0 aliphatic carbocycles. The van der Waals surface area contributed by atoms with E-state index in [1.807, 2.05) is 31.9 Å². The number of benzene rings is 1. The maximum atomic E-state index is 13.2. The van der Waals surface area contributed by atoms with Crippen LogP contribution >= 0.6 is 11.6 Å². The van der Waals surface area contributed by atoms with Crippen molar-refractivity contribution < 1.29 is 8.42 Å². The van der Waals surface area contributed by atoms with Crippen LogP contribution in [0.5, 0.6) is 0 Å². The highest BCUT2D eigenvalue weighted by atomic mass is 35.5. The summed E-state index contributed by atoms with van der Waals surface area (Å²) in [5, 5.41) is 5.04. The molecule has 1 aliphatic heterocycles. The Labute approximate surface area is 160 Å². The minimum atomic E-state index is -3.62. The van der Waals surface area contributed by atoms with Crippen molar-refractivity contribution in [2.45, 2.75) is 36.7 Å². The van der Waals surface area contributed by atoms with Crippen molar-refractivity contribution >= 4 is 21.6 Å². The predicted molar refractivity (Wildman–Crippen MR) is 103 cm³/mol. The van der Waals surface area contributed by atoms with Crippen LogP contribution in [0.1, 0.15) is 36.7 Å². The fourth-order valence-electron chi connectivity index (χ4n) is 3.42. The van der Waals surface area contributed by atoms with Gasteiger partial charge < -0.3 is 4.90 Å². The van der Waals surface area contributed by atoms with Gasteiger partial charge in [-0.1, -0.05) is 24.1 Å². The molecule has 0 unspecified atom stereocenters. The van der Waals surface area contributed by atoms with E-state index in [1.165, 1.54) is 6.07 Å². The highest BCUT2D eigenvalue weighted by molar-refractivity contribution is 7.89. The molecule has 2 aromatic rings. The van der Waals surface area contributed by atoms with Crippen molar-refractivity contribution in [3.8, 4) is 0 Å². The topological polar surface area (TPSA) is 58.4 Å². The number of halogens is 1. The Bertz CT molecular complexity index is 879. The zero-order valence-corrected chi connectivity index (χ0v) is 17.0. The molecule has 8 heteroatoms. The van der Waals surface area contributed by atoms with Crippen molar-refractivity contribution in [3.05, 3.63) is 46.7 Å². The summed E-state index contributed by atoms with van der Waals surface area (Å²) < 4.78 is 29.9. The van der Waals surface area contributed by atoms with Crippen molar-refractivity contribution in [3.63, 3.8) is 0 Å². The number of piperidine rings is 1. The molecule has 0 radical (unpaired) electrons. The lowest BCUT2D eigenvalue weighted by atomic mass is 10.0. The number of nitrogens with zero attached hydrogens (tertiary/aromatic N) is 4. The SMILES string of the molecule is CN(C)Cc1cc([C@H]2CCCCN2S(=O)(=O)c2cccc(Cl)c2)nn1C. The predicted octanol–water partition coefficient (Wildman–Crippen LogP) is 3.05. The molecule has 142 valence electrons. The van der Waals surface area contributed by atoms with Crippen LogP contribution in [0.2, 0.25) is 5.02 Å². The largest absolute Gasteiger partial charge is 0.304 e. The first kappa shape index (κ1) is 19.4. The van der Waals surface area contributed by atoms with Crippen molar-refractivity contribution in [2.24, 2.45) is 7.05 Å². The molecule has 1 aliphatic rings. The van der Waals surface area contributed by atoms with E-state index in [2.05, 4.69) is 10.00 Å². The van der Waals surface area contributed by atoms with Gasteiger partial charge in [0.25, 0.3) is 0 Å². The highest BCUT2D eigenvalue weighted by Crippen LogP contribution is 2.35. The number of aryl methyl sites for hydroxylation is 1. The number of sulfonamides is 1. The Morgan fingerprint density at radius 3 is 2.73 bits per heavy atom. The van der Waals surface area contributed by atoms with Crippen LogP contribution in [0, 0.1) is 0 Å². The summed E-state index contributed by atoms with van der Waals surface area (Å²) in [7, 11) is 2.29. The summed E-state index contributed by atoms with van der Waals surface area (Å²) in [6.45, 7) is 1.26. The summed E-state index contributed by atoms with van der Waals surface area (Å²) in [5.74, 6) is 0. The Hall–Kier alpha value is -1.41. The molecule has 1 fully saturated rings. The van der Waals surface area contributed by atoms with Gasteiger partial charge in [-0.3, -0.25) is 4.68 Å². The van der Waals surface area contributed by atoms with Crippen LogP contribution in [-0.2, 0) is 23.6 Å². The van der Waals surface area contributed by atoms with E-state index < -0.39 is 10.0 Å². The molecular weight excluding hydrogens is 372 g/mol. The van der Waals surface area contributed by atoms with Gasteiger partial charge in [0.2, 0.25) is 10.0 Å². The first-order valence-electron chi connectivity index (χ1n) is 8.74. The summed E-state index contributed by atoms with van der Waals surface area (Å²) in [4.78, 5) is 2.31.